The second-order valence-corrected chi connectivity index (χ2v) is 14.6. The van der Waals surface area contributed by atoms with Crippen LogP contribution >= 0.6 is 0 Å². The van der Waals surface area contributed by atoms with Gasteiger partial charge in [-0.15, -0.1) is 0 Å². The highest BCUT2D eigenvalue weighted by atomic mass is 15.0. The molecular formula is C56H38N4. The topological polar surface area (TPSA) is 51.6 Å². The number of rotatable bonds is 9. The summed E-state index contributed by atoms with van der Waals surface area (Å²) in [6, 6.07) is 78.3. The van der Waals surface area contributed by atoms with Crippen LogP contribution in [-0.4, -0.2) is 19.9 Å². The minimum atomic E-state index is 0.621. The Bertz CT molecular complexity index is 2990. The van der Waals surface area contributed by atoms with Crippen molar-refractivity contribution in [2.24, 2.45) is 0 Å². The van der Waals surface area contributed by atoms with Gasteiger partial charge in [-0.25, -0.2) is 15.0 Å². The molecule has 2 heterocycles. The van der Waals surface area contributed by atoms with Crippen molar-refractivity contribution in [3.05, 3.63) is 231 Å². The molecule has 60 heavy (non-hydrogen) atoms. The van der Waals surface area contributed by atoms with Crippen LogP contribution in [0.25, 0.3) is 101 Å². The lowest BCUT2D eigenvalue weighted by Gasteiger charge is -2.24. The van der Waals surface area contributed by atoms with Gasteiger partial charge in [-0.1, -0.05) is 194 Å². The lowest BCUT2D eigenvalue weighted by molar-refractivity contribution is 1.07. The summed E-state index contributed by atoms with van der Waals surface area (Å²) in [6.07, 6.45) is 1.88. The maximum absolute atomic E-state index is 5.03. The molecule has 0 radical (unpaired) electrons. The predicted octanol–water partition coefficient (Wildman–Crippen LogP) is 14.3. The molecule has 0 aliphatic carbocycles. The molecule has 0 aliphatic rings. The highest BCUT2D eigenvalue weighted by molar-refractivity contribution is 6.07. The fraction of sp³-hybridized carbons (Fsp3) is 0. The Kier molecular flexibility index (Phi) is 9.92. The van der Waals surface area contributed by atoms with Gasteiger partial charge in [0.15, 0.2) is 17.5 Å². The van der Waals surface area contributed by atoms with Crippen molar-refractivity contribution >= 4 is 0 Å². The van der Waals surface area contributed by atoms with E-state index in [0.717, 1.165) is 78.0 Å². The number of hydrogen-bond donors (Lipinski definition) is 0. The van der Waals surface area contributed by atoms with Gasteiger partial charge in [0.25, 0.3) is 0 Å². The van der Waals surface area contributed by atoms with Crippen LogP contribution in [0.1, 0.15) is 0 Å². The van der Waals surface area contributed by atoms with E-state index in [0.29, 0.717) is 17.5 Å². The fourth-order valence-electron chi connectivity index (χ4n) is 7.98. The van der Waals surface area contributed by atoms with E-state index in [2.05, 4.69) is 158 Å². The molecule has 2 aromatic heterocycles. The highest BCUT2D eigenvalue weighted by Crippen LogP contribution is 2.50. The molecule has 0 unspecified atom stereocenters. The first-order valence-electron chi connectivity index (χ1n) is 20.1. The first-order valence-corrected chi connectivity index (χ1v) is 20.1. The minimum absolute atomic E-state index is 0.621. The zero-order valence-corrected chi connectivity index (χ0v) is 32.7. The van der Waals surface area contributed by atoms with E-state index in [1.54, 1.807) is 0 Å². The van der Waals surface area contributed by atoms with Crippen molar-refractivity contribution < 1.29 is 0 Å². The average molecular weight is 767 g/mol. The highest BCUT2D eigenvalue weighted by Gasteiger charge is 2.24. The van der Waals surface area contributed by atoms with Crippen LogP contribution in [0.3, 0.4) is 0 Å². The lowest BCUT2D eigenvalue weighted by atomic mass is 9.79. The predicted molar refractivity (Wildman–Crippen MR) is 247 cm³/mol. The number of benzene rings is 8. The second-order valence-electron chi connectivity index (χ2n) is 14.6. The molecule has 0 saturated carbocycles. The second kappa shape index (κ2) is 16.4. The van der Waals surface area contributed by atoms with Crippen LogP contribution in [0.4, 0.5) is 0 Å². The average Bonchev–Trinajstić information content (AvgIpc) is 3.35. The Labute approximate surface area is 350 Å². The Morgan fingerprint density at radius 3 is 1.08 bits per heavy atom. The summed E-state index contributed by atoms with van der Waals surface area (Å²) < 4.78 is 0. The molecule has 282 valence electrons. The lowest BCUT2D eigenvalue weighted by Crippen LogP contribution is -2.00. The van der Waals surface area contributed by atoms with Crippen LogP contribution in [0.2, 0.25) is 0 Å². The van der Waals surface area contributed by atoms with Crippen molar-refractivity contribution in [3.8, 4) is 101 Å². The summed E-state index contributed by atoms with van der Waals surface area (Å²) in [5.74, 6) is 1.89. The van der Waals surface area contributed by atoms with Crippen molar-refractivity contribution in [1.82, 2.24) is 19.9 Å². The summed E-state index contributed by atoms with van der Waals surface area (Å²) in [5.41, 5.74) is 16.0. The third-order valence-electron chi connectivity index (χ3n) is 10.8. The number of aromatic nitrogens is 4. The van der Waals surface area contributed by atoms with Gasteiger partial charge in [0.2, 0.25) is 0 Å². The van der Waals surface area contributed by atoms with Crippen molar-refractivity contribution in [3.63, 3.8) is 0 Å². The van der Waals surface area contributed by atoms with Gasteiger partial charge < -0.3 is 0 Å². The first-order chi connectivity index (χ1) is 29.8. The fourth-order valence-corrected chi connectivity index (χ4v) is 7.98. The van der Waals surface area contributed by atoms with Gasteiger partial charge in [-0.2, -0.15) is 0 Å². The van der Waals surface area contributed by atoms with E-state index < -0.39 is 0 Å². The number of hydrogen-bond acceptors (Lipinski definition) is 4. The summed E-state index contributed by atoms with van der Waals surface area (Å²) >= 11 is 0. The van der Waals surface area contributed by atoms with E-state index in [1.165, 1.54) is 5.56 Å². The Balaban J connectivity index is 1.18. The Morgan fingerprint density at radius 1 is 0.233 bits per heavy atom. The normalized spacial score (nSPS) is 11.0. The Hall–Kier alpha value is -8.08. The molecule has 0 aliphatic heterocycles. The molecule has 10 rings (SSSR count). The molecule has 4 nitrogen and oxygen atoms in total. The quantitative estimate of drug-likeness (QED) is 0.147. The van der Waals surface area contributed by atoms with E-state index in [-0.39, 0.29) is 0 Å². The van der Waals surface area contributed by atoms with Gasteiger partial charge in [-0.05, 0) is 86.0 Å². The minimum Gasteiger partial charge on any atom is -0.256 e. The molecule has 0 spiro atoms. The van der Waals surface area contributed by atoms with Crippen molar-refractivity contribution in [1.29, 1.82) is 0 Å². The zero-order valence-electron chi connectivity index (χ0n) is 32.7. The van der Waals surface area contributed by atoms with Crippen LogP contribution in [0.15, 0.2) is 231 Å². The molecule has 0 atom stereocenters. The molecule has 0 N–H and O–H groups in total. The first kappa shape index (κ1) is 36.3. The van der Waals surface area contributed by atoms with Crippen LogP contribution < -0.4 is 0 Å². The van der Waals surface area contributed by atoms with Gasteiger partial charge in [0, 0.05) is 28.5 Å². The molecule has 0 bridgehead atoms. The summed E-state index contributed by atoms with van der Waals surface area (Å²) in [5, 5.41) is 0. The van der Waals surface area contributed by atoms with Crippen molar-refractivity contribution in [2.75, 3.05) is 0 Å². The largest absolute Gasteiger partial charge is 0.256 e. The summed E-state index contributed by atoms with van der Waals surface area (Å²) in [7, 11) is 0. The molecule has 4 heteroatoms. The SMILES string of the molecule is c1ccc(-c2nc(-c3ccccc3)nc(-c3cccc(-c4cccc(-c5cc(-c6ccccn6)c(-c6ccccc6)c(-c6ccccc6)c5-c5ccccc5)c4)c3)n2)cc1. The molecule has 10 aromatic rings. The summed E-state index contributed by atoms with van der Waals surface area (Å²) in [4.78, 5) is 19.9. The number of nitrogens with zero attached hydrogens (tertiary/aromatic N) is 4. The van der Waals surface area contributed by atoms with Crippen LogP contribution in [0.5, 0.6) is 0 Å². The molecular weight excluding hydrogens is 729 g/mol. The third kappa shape index (κ3) is 7.30. The standard InChI is InChI=1S/C56H38N4/c1-6-20-39(21-7-1)51-48(38-49(50-34-16-17-35-57-50)52(40-22-8-2-9-23-40)53(51)41-24-10-3-11-25-41)46-32-18-30-44(36-46)45-31-19-33-47(37-45)56-59-54(42-26-12-4-13-27-42)58-55(60-56)43-28-14-5-15-29-43/h1-38H. The van der Waals surface area contributed by atoms with E-state index in [4.69, 9.17) is 19.9 Å². The molecule has 0 amide bonds. The van der Waals surface area contributed by atoms with E-state index in [1.807, 2.05) is 72.9 Å². The van der Waals surface area contributed by atoms with E-state index in [9.17, 15) is 0 Å². The monoisotopic (exact) mass is 766 g/mol. The molecule has 8 aromatic carbocycles. The third-order valence-corrected chi connectivity index (χ3v) is 10.8. The van der Waals surface area contributed by atoms with Crippen LogP contribution in [-0.2, 0) is 0 Å². The van der Waals surface area contributed by atoms with Gasteiger partial charge >= 0.3 is 0 Å². The molecule has 0 fully saturated rings. The zero-order chi connectivity index (χ0) is 40.1. The van der Waals surface area contributed by atoms with Gasteiger partial charge in [-0.3, -0.25) is 4.98 Å². The van der Waals surface area contributed by atoms with Gasteiger partial charge in [0.1, 0.15) is 0 Å². The van der Waals surface area contributed by atoms with E-state index >= 15 is 0 Å². The summed E-state index contributed by atoms with van der Waals surface area (Å²) in [6.45, 7) is 0. The van der Waals surface area contributed by atoms with Crippen molar-refractivity contribution in [2.45, 2.75) is 0 Å². The maximum atomic E-state index is 5.03. The smallest absolute Gasteiger partial charge is 0.164 e. The Morgan fingerprint density at radius 2 is 0.600 bits per heavy atom. The molecule has 0 saturated heterocycles. The number of pyridine rings is 1. The van der Waals surface area contributed by atoms with Crippen LogP contribution in [0, 0.1) is 0 Å². The van der Waals surface area contributed by atoms with Gasteiger partial charge in [0.05, 0.1) is 5.69 Å². The maximum Gasteiger partial charge on any atom is 0.164 e.